The van der Waals surface area contributed by atoms with E-state index in [1.54, 1.807) is 38.3 Å². The van der Waals surface area contributed by atoms with E-state index in [2.05, 4.69) is 16.0 Å². The largest absolute Gasteiger partial charge is 0.496 e. The zero-order valence-electron chi connectivity index (χ0n) is 17.9. The van der Waals surface area contributed by atoms with Gasteiger partial charge in [-0.3, -0.25) is 14.4 Å². The summed E-state index contributed by atoms with van der Waals surface area (Å²) in [5.74, 6) is -1.35. The fourth-order valence-corrected chi connectivity index (χ4v) is 3.18. The summed E-state index contributed by atoms with van der Waals surface area (Å²) in [7, 11) is 1.56. The van der Waals surface area contributed by atoms with Crippen LogP contribution in [0.3, 0.4) is 0 Å². The maximum Gasteiger partial charge on any atom is 0.313 e. The topological polar surface area (TPSA) is 96.5 Å². The van der Waals surface area contributed by atoms with E-state index in [0.29, 0.717) is 5.75 Å². The van der Waals surface area contributed by atoms with Crippen LogP contribution in [0.1, 0.15) is 34.5 Å². The highest BCUT2D eigenvalue weighted by atomic mass is 16.5. The predicted molar refractivity (Wildman–Crippen MR) is 122 cm³/mol. The van der Waals surface area contributed by atoms with Crippen molar-refractivity contribution in [3.63, 3.8) is 0 Å². The van der Waals surface area contributed by atoms with Crippen LogP contribution in [0.2, 0.25) is 0 Å². The maximum atomic E-state index is 12.7. The van der Waals surface area contributed by atoms with Crippen LogP contribution in [0.4, 0.5) is 5.69 Å². The molecule has 3 N–H and O–H groups in total. The summed E-state index contributed by atoms with van der Waals surface area (Å²) in [6, 6.07) is 22.9. The number of hydrogen-bond donors (Lipinski definition) is 3. The minimum atomic E-state index is -0.849. The van der Waals surface area contributed by atoms with Crippen LogP contribution in [-0.2, 0) is 16.1 Å². The van der Waals surface area contributed by atoms with Gasteiger partial charge in [0.25, 0.3) is 5.91 Å². The zero-order chi connectivity index (χ0) is 22.9. The van der Waals surface area contributed by atoms with Gasteiger partial charge in [0, 0.05) is 12.1 Å². The van der Waals surface area contributed by atoms with Gasteiger partial charge in [-0.05, 0) is 30.7 Å². The Hall–Kier alpha value is -4.13. The Morgan fingerprint density at radius 3 is 2.25 bits per heavy atom. The molecule has 0 saturated heterocycles. The number of carbonyl (C=O) groups excluding carboxylic acids is 3. The number of benzene rings is 3. The molecule has 0 unspecified atom stereocenters. The zero-order valence-corrected chi connectivity index (χ0v) is 17.9. The highest BCUT2D eigenvalue weighted by Gasteiger charge is 2.20. The summed E-state index contributed by atoms with van der Waals surface area (Å²) in [5, 5.41) is 8.01. The Labute approximate surface area is 186 Å². The molecule has 0 aromatic heterocycles. The smallest absolute Gasteiger partial charge is 0.313 e. The third-order valence-electron chi connectivity index (χ3n) is 4.91. The van der Waals surface area contributed by atoms with Crippen molar-refractivity contribution in [1.82, 2.24) is 10.6 Å². The van der Waals surface area contributed by atoms with E-state index in [1.165, 1.54) is 0 Å². The lowest BCUT2D eigenvalue weighted by molar-refractivity contribution is -0.136. The standard InChI is InChI=1S/C25H25N3O4/c1-17(18-10-4-3-5-11-18)27-24(30)25(31)28-21-14-8-7-13-20(21)23(29)26-16-19-12-6-9-15-22(19)32-2/h3-15,17H,16H2,1-2H3,(H,26,29)(H,27,30)(H,28,31)/t17-/m0/s1. The molecular formula is C25H25N3O4. The summed E-state index contributed by atoms with van der Waals surface area (Å²) >= 11 is 0. The van der Waals surface area contributed by atoms with Crippen molar-refractivity contribution < 1.29 is 19.1 Å². The fourth-order valence-electron chi connectivity index (χ4n) is 3.18. The molecule has 0 aliphatic heterocycles. The maximum absolute atomic E-state index is 12.7. The molecule has 164 valence electrons. The molecule has 1 atom stereocenters. The van der Waals surface area contributed by atoms with E-state index < -0.39 is 11.8 Å². The predicted octanol–water partition coefficient (Wildman–Crippen LogP) is 3.44. The number of para-hydroxylation sites is 2. The van der Waals surface area contributed by atoms with E-state index >= 15 is 0 Å². The number of carbonyl (C=O) groups is 3. The third kappa shape index (κ3) is 5.72. The molecule has 0 aliphatic rings. The molecule has 0 spiro atoms. The Morgan fingerprint density at radius 2 is 1.50 bits per heavy atom. The van der Waals surface area contributed by atoms with Gasteiger partial charge in [0.2, 0.25) is 0 Å². The average molecular weight is 431 g/mol. The lowest BCUT2D eigenvalue weighted by atomic mass is 10.1. The van der Waals surface area contributed by atoms with Crippen molar-refractivity contribution in [2.45, 2.75) is 19.5 Å². The Kier molecular flexibility index (Phi) is 7.59. The third-order valence-corrected chi connectivity index (χ3v) is 4.91. The van der Waals surface area contributed by atoms with Crippen LogP contribution in [0.25, 0.3) is 0 Å². The first kappa shape index (κ1) is 22.6. The molecule has 3 rings (SSSR count). The monoisotopic (exact) mass is 431 g/mol. The molecule has 7 nitrogen and oxygen atoms in total. The van der Waals surface area contributed by atoms with Crippen molar-refractivity contribution in [2.75, 3.05) is 12.4 Å². The van der Waals surface area contributed by atoms with Crippen molar-refractivity contribution in [3.8, 4) is 5.75 Å². The van der Waals surface area contributed by atoms with Gasteiger partial charge < -0.3 is 20.7 Å². The average Bonchev–Trinajstić information content (AvgIpc) is 2.83. The second kappa shape index (κ2) is 10.8. The highest BCUT2D eigenvalue weighted by Crippen LogP contribution is 2.19. The number of methoxy groups -OCH3 is 1. The molecule has 0 fully saturated rings. The molecule has 7 heteroatoms. The molecule has 0 radical (unpaired) electrons. The van der Waals surface area contributed by atoms with Crippen LogP contribution >= 0.6 is 0 Å². The van der Waals surface area contributed by atoms with E-state index in [0.717, 1.165) is 11.1 Å². The molecule has 3 aromatic rings. The van der Waals surface area contributed by atoms with E-state index in [4.69, 9.17) is 4.74 Å². The van der Waals surface area contributed by atoms with Crippen LogP contribution < -0.4 is 20.7 Å². The summed E-state index contributed by atoms with van der Waals surface area (Å²) in [6.45, 7) is 2.04. The normalized spacial score (nSPS) is 11.2. The molecule has 3 amide bonds. The summed E-state index contributed by atoms with van der Waals surface area (Å²) in [6.07, 6.45) is 0. The Morgan fingerprint density at radius 1 is 0.844 bits per heavy atom. The molecular weight excluding hydrogens is 406 g/mol. The van der Waals surface area contributed by atoms with Crippen LogP contribution in [0.15, 0.2) is 78.9 Å². The second-order valence-corrected chi connectivity index (χ2v) is 7.10. The quantitative estimate of drug-likeness (QED) is 0.499. The van der Waals surface area contributed by atoms with Gasteiger partial charge in [-0.15, -0.1) is 0 Å². The van der Waals surface area contributed by atoms with Gasteiger partial charge in [0.15, 0.2) is 0 Å². The lowest BCUT2D eigenvalue weighted by Gasteiger charge is -2.15. The van der Waals surface area contributed by atoms with Crippen molar-refractivity contribution in [2.24, 2.45) is 0 Å². The number of rotatable bonds is 7. The van der Waals surface area contributed by atoms with Crippen LogP contribution in [-0.4, -0.2) is 24.8 Å². The molecule has 3 aromatic carbocycles. The highest BCUT2D eigenvalue weighted by molar-refractivity contribution is 6.40. The first-order valence-electron chi connectivity index (χ1n) is 10.2. The van der Waals surface area contributed by atoms with Crippen LogP contribution in [0.5, 0.6) is 5.75 Å². The molecule has 0 bridgehead atoms. The summed E-state index contributed by atoms with van der Waals surface area (Å²) in [5.41, 5.74) is 2.20. The van der Waals surface area contributed by atoms with Crippen molar-refractivity contribution in [3.05, 3.63) is 95.6 Å². The Balaban J connectivity index is 1.64. The number of amides is 3. The van der Waals surface area contributed by atoms with E-state index in [1.807, 2.05) is 54.6 Å². The first-order valence-corrected chi connectivity index (χ1v) is 10.2. The summed E-state index contributed by atoms with van der Waals surface area (Å²) < 4.78 is 5.30. The van der Waals surface area contributed by atoms with Gasteiger partial charge in [0.1, 0.15) is 5.75 Å². The molecule has 0 heterocycles. The second-order valence-electron chi connectivity index (χ2n) is 7.10. The molecule has 32 heavy (non-hydrogen) atoms. The summed E-state index contributed by atoms with van der Waals surface area (Å²) in [4.78, 5) is 37.6. The minimum absolute atomic E-state index is 0.248. The van der Waals surface area contributed by atoms with E-state index in [-0.39, 0.29) is 29.7 Å². The SMILES string of the molecule is COc1ccccc1CNC(=O)c1ccccc1NC(=O)C(=O)N[C@@H](C)c1ccccc1. The van der Waals surface area contributed by atoms with Gasteiger partial charge in [-0.25, -0.2) is 0 Å². The van der Waals surface area contributed by atoms with E-state index in [9.17, 15) is 14.4 Å². The van der Waals surface area contributed by atoms with Crippen molar-refractivity contribution in [1.29, 1.82) is 0 Å². The number of anilines is 1. The lowest BCUT2D eigenvalue weighted by Crippen LogP contribution is -2.37. The van der Waals surface area contributed by atoms with Crippen molar-refractivity contribution >= 4 is 23.4 Å². The van der Waals surface area contributed by atoms with Crippen LogP contribution in [0, 0.1) is 0 Å². The number of nitrogens with one attached hydrogen (secondary N) is 3. The van der Waals surface area contributed by atoms with Gasteiger partial charge in [-0.1, -0.05) is 60.7 Å². The number of ether oxygens (including phenoxy) is 1. The Bertz CT molecular complexity index is 1100. The van der Waals surface area contributed by atoms with Gasteiger partial charge >= 0.3 is 11.8 Å². The first-order chi connectivity index (χ1) is 15.5. The van der Waals surface area contributed by atoms with Gasteiger partial charge in [0.05, 0.1) is 24.4 Å². The molecule has 0 saturated carbocycles. The fraction of sp³-hybridized carbons (Fsp3) is 0.160. The molecule has 0 aliphatic carbocycles. The minimum Gasteiger partial charge on any atom is -0.496 e. The van der Waals surface area contributed by atoms with Gasteiger partial charge in [-0.2, -0.15) is 0 Å². The number of hydrogen-bond acceptors (Lipinski definition) is 4.